The van der Waals surface area contributed by atoms with Crippen molar-refractivity contribution in [1.29, 1.82) is 5.26 Å². The Labute approximate surface area is 229 Å². The van der Waals surface area contributed by atoms with Gasteiger partial charge in [-0.3, -0.25) is 9.59 Å². The summed E-state index contributed by atoms with van der Waals surface area (Å²) >= 11 is 0. The quantitative estimate of drug-likeness (QED) is 0.448. The van der Waals surface area contributed by atoms with Crippen molar-refractivity contribution in [2.45, 2.75) is 50.3 Å². The Kier molecular flexibility index (Phi) is 8.25. The molecule has 8 nitrogen and oxygen atoms in total. The molecule has 0 saturated carbocycles. The van der Waals surface area contributed by atoms with Gasteiger partial charge in [0, 0.05) is 81.5 Å². The topological polar surface area (TPSA) is 97.1 Å². The number of hydrogen-bond acceptors (Lipinski definition) is 6. The summed E-state index contributed by atoms with van der Waals surface area (Å²) in [5.74, 6) is 2.68. The Hall–Kier alpha value is -3.74. The summed E-state index contributed by atoms with van der Waals surface area (Å²) in [6.07, 6.45) is 5.08. The zero-order chi connectivity index (χ0) is 27.4. The van der Waals surface area contributed by atoms with Crippen LogP contribution in [0.25, 0.3) is 0 Å². The molecule has 0 spiro atoms. The van der Waals surface area contributed by atoms with Crippen molar-refractivity contribution < 1.29 is 23.8 Å². The van der Waals surface area contributed by atoms with Crippen molar-refractivity contribution in [2.75, 3.05) is 44.2 Å². The summed E-state index contributed by atoms with van der Waals surface area (Å²) in [6, 6.07) is 9.84. The highest BCUT2D eigenvalue weighted by molar-refractivity contribution is 6.67. The van der Waals surface area contributed by atoms with E-state index in [0.717, 1.165) is 56.2 Å². The highest BCUT2D eigenvalue weighted by atomic mass is 19.1. The maximum absolute atomic E-state index is 14.4. The number of amides is 2. The lowest BCUT2D eigenvalue weighted by molar-refractivity contribution is -0.119. The first-order chi connectivity index (χ1) is 18.9. The normalized spacial score (nSPS) is 19.1. The summed E-state index contributed by atoms with van der Waals surface area (Å²) < 4.78 is 20.6. The van der Waals surface area contributed by atoms with E-state index in [0.29, 0.717) is 50.3 Å². The minimum absolute atomic E-state index is 0.0632. The fourth-order valence-corrected chi connectivity index (χ4v) is 5.95. The third-order valence-corrected chi connectivity index (χ3v) is 8.32. The van der Waals surface area contributed by atoms with E-state index in [1.807, 2.05) is 6.07 Å². The molecule has 2 amide bonds. The fourth-order valence-electron chi connectivity index (χ4n) is 5.95. The Balaban J connectivity index is 1.17. The molecule has 5 rings (SSSR count). The van der Waals surface area contributed by atoms with Gasteiger partial charge in [0.2, 0.25) is 6.41 Å². The van der Waals surface area contributed by atoms with Crippen LogP contribution in [-0.2, 0) is 4.79 Å². The van der Waals surface area contributed by atoms with Crippen LogP contribution in [0.15, 0.2) is 36.4 Å². The van der Waals surface area contributed by atoms with Crippen molar-refractivity contribution in [3.63, 3.8) is 0 Å². The molecule has 3 saturated heterocycles. The maximum atomic E-state index is 14.4. The van der Waals surface area contributed by atoms with Crippen molar-refractivity contribution >= 4 is 24.7 Å². The second kappa shape index (κ2) is 12.0. The second-order valence-electron chi connectivity index (χ2n) is 10.8. The number of nitrogens with zero attached hydrogens (tertiary/aromatic N) is 4. The predicted molar refractivity (Wildman–Crippen MR) is 147 cm³/mol. The molecule has 0 radical (unpaired) electrons. The largest absolute Gasteiger partial charge is 0.508 e. The van der Waals surface area contributed by atoms with Crippen LogP contribution in [0, 0.1) is 17.0 Å². The van der Waals surface area contributed by atoms with E-state index in [1.165, 1.54) is 12.1 Å². The van der Waals surface area contributed by atoms with Gasteiger partial charge >= 0.3 is 0 Å². The summed E-state index contributed by atoms with van der Waals surface area (Å²) in [6.45, 7) is 3.85. The monoisotopic (exact) mass is 532 g/mol. The molecule has 0 aromatic heterocycles. The number of piperidine rings is 2. The first-order valence-electron chi connectivity index (χ1n) is 13.9. The second-order valence-corrected chi connectivity index (χ2v) is 10.8. The van der Waals surface area contributed by atoms with Gasteiger partial charge in [-0.2, -0.15) is 0 Å². The van der Waals surface area contributed by atoms with Crippen LogP contribution < -0.4 is 9.64 Å². The van der Waals surface area contributed by atoms with Gasteiger partial charge in [0.25, 0.3) is 12.6 Å². The van der Waals surface area contributed by atoms with Gasteiger partial charge in [0.1, 0.15) is 23.4 Å². The van der Waals surface area contributed by atoms with E-state index in [2.05, 4.69) is 10.9 Å². The molecule has 10 heteroatoms. The van der Waals surface area contributed by atoms with Gasteiger partial charge in [-0.05, 0) is 61.2 Å². The average molecular weight is 532 g/mol. The van der Waals surface area contributed by atoms with Crippen LogP contribution in [0.2, 0.25) is 12.6 Å². The van der Waals surface area contributed by atoms with Gasteiger partial charge < -0.3 is 24.5 Å². The smallest absolute Gasteiger partial charge is 0.271 e. The third-order valence-electron chi connectivity index (χ3n) is 8.32. The number of phenols is 1. The molecule has 3 aliphatic rings. The van der Waals surface area contributed by atoms with E-state index in [1.54, 1.807) is 28.0 Å². The van der Waals surface area contributed by atoms with Crippen LogP contribution in [-0.4, -0.2) is 79.3 Å². The van der Waals surface area contributed by atoms with Crippen molar-refractivity contribution in [3.8, 4) is 17.5 Å². The molecule has 204 valence electrons. The van der Waals surface area contributed by atoms with Crippen LogP contribution >= 0.6 is 0 Å². The van der Waals surface area contributed by atoms with E-state index in [-0.39, 0.29) is 36.2 Å². The molecule has 2 aromatic rings. The molecule has 3 heterocycles. The number of ether oxygens (including phenoxy) is 1. The van der Waals surface area contributed by atoms with E-state index in [9.17, 15) is 19.1 Å². The predicted octanol–water partition coefficient (Wildman–Crippen LogP) is 3.93. The number of aromatic hydroxyl groups is 1. The van der Waals surface area contributed by atoms with Crippen LogP contribution in [0.3, 0.4) is 0 Å². The SMILES string of the molecule is N#CB1CCN(c2cc(F)cc(OC3CCN(C(=O)c4ccc(O)c(C5CCN(C=O)CC5)c4)CC3)c2)CC1. The molecule has 3 aliphatic heterocycles. The number of nitriles is 1. The molecular weight excluding hydrogens is 498 g/mol. The summed E-state index contributed by atoms with van der Waals surface area (Å²) in [5.41, 5.74) is 2.09. The number of anilines is 1. The molecule has 0 aliphatic carbocycles. The van der Waals surface area contributed by atoms with Gasteiger partial charge in [0.05, 0.1) is 0 Å². The number of hydrogen-bond donors (Lipinski definition) is 1. The Bertz CT molecular complexity index is 1230. The van der Waals surface area contributed by atoms with E-state index < -0.39 is 0 Å². The fraction of sp³-hybridized carbons (Fsp3) is 0.483. The number of likely N-dealkylation sites (tertiary alicyclic amines) is 2. The molecule has 0 bridgehead atoms. The van der Waals surface area contributed by atoms with Gasteiger partial charge in [-0.15, -0.1) is 0 Å². The van der Waals surface area contributed by atoms with Gasteiger partial charge in [0.15, 0.2) is 0 Å². The third kappa shape index (κ3) is 6.30. The van der Waals surface area contributed by atoms with Crippen molar-refractivity contribution in [2.24, 2.45) is 0 Å². The van der Waals surface area contributed by atoms with E-state index in [4.69, 9.17) is 10.00 Å². The number of halogens is 1. The number of carbonyl (C=O) groups excluding carboxylic acids is 2. The highest BCUT2D eigenvalue weighted by Gasteiger charge is 2.28. The minimum atomic E-state index is -0.350. The Morgan fingerprint density at radius 2 is 1.74 bits per heavy atom. The minimum Gasteiger partial charge on any atom is -0.508 e. The standard InChI is InChI=1S/C29H34BFN4O4/c31-23-16-24(34-13-7-30(19-32)8-14-34)18-26(17-23)39-25-5-11-35(12-6-25)29(38)22-1-2-28(37)27(15-22)21-3-9-33(20-36)10-4-21/h1-2,15-18,20-21,25,37H,3-14H2. The molecule has 0 atom stereocenters. The molecule has 2 aromatic carbocycles. The Morgan fingerprint density at radius 1 is 1.03 bits per heavy atom. The molecular formula is C29H34BFN4O4. The lowest BCUT2D eigenvalue weighted by atomic mass is 9.45. The van der Waals surface area contributed by atoms with Crippen LogP contribution in [0.4, 0.5) is 10.1 Å². The lowest BCUT2D eigenvalue weighted by Gasteiger charge is -2.33. The number of benzene rings is 2. The first kappa shape index (κ1) is 26.9. The molecule has 3 fully saturated rings. The van der Waals surface area contributed by atoms with Crippen LogP contribution in [0.1, 0.15) is 47.5 Å². The average Bonchev–Trinajstić information content (AvgIpc) is 2.97. The number of phenolic OH excluding ortho intramolecular Hbond substituents is 1. The van der Waals surface area contributed by atoms with Gasteiger partial charge in [-0.1, -0.05) is 0 Å². The zero-order valence-electron chi connectivity index (χ0n) is 22.1. The Morgan fingerprint density at radius 3 is 2.41 bits per heavy atom. The molecule has 39 heavy (non-hydrogen) atoms. The van der Waals surface area contributed by atoms with Crippen molar-refractivity contribution in [3.05, 3.63) is 53.3 Å². The summed E-state index contributed by atoms with van der Waals surface area (Å²) in [5, 5.41) is 19.6. The maximum Gasteiger partial charge on any atom is 0.271 e. The van der Waals surface area contributed by atoms with Crippen LogP contribution in [0.5, 0.6) is 11.5 Å². The molecule has 1 N–H and O–H groups in total. The first-order valence-corrected chi connectivity index (χ1v) is 13.9. The highest BCUT2D eigenvalue weighted by Crippen LogP contribution is 2.35. The lowest BCUT2D eigenvalue weighted by Crippen LogP contribution is -2.41. The van der Waals surface area contributed by atoms with Crippen molar-refractivity contribution in [1.82, 2.24) is 9.80 Å². The molecule has 0 unspecified atom stereocenters. The van der Waals surface area contributed by atoms with Gasteiger partial charge in [-0.25, -0.2) is 9.65 Å². The summed E-state index contributed by atoms with van der Waals surface area (Å²) in [4.78, 5) is 30.0. The zero-order valence-corrected chi connectivity index (χ0v) is 22.1. The number of rotatable bonds is 6. The summed E-state index contributed by atoms with van der Waals surface area (Å²) in [7, 11) is 0. The number of carbonyl (C=O) groups is 2. The van der Waals surface area contributed by atoms with E-state index >= 15 is 0 Å².